The second-order valence-electron chi connectivity index (χ2n) is 4.41. The molecule has 0 saturated heterocycles. The van der Waals surface area contributed by atoms with Crippen molar-refractivity contribution in [3.05, 3.63) is 65.7 Å². The first-order chi connectivity index (χ1) is 11.1. The third kappa shape index (κ3) is 4.64. The van der Waals surface area contributed by atoms with E-state index in [-0.39, 0.29) is 16.9 Å². The Balaban J connectivity index is 2.25. The third-order valence-corrected chi connectivity index (χ3v) is 2.83. The molecule has 0 aliphatic rings. The molecule has 0 bridgehead atoms. The minimum Gasteiger partial charge on any atom is -0.434 e. The predicted octanol–water partition coefficient (Wildman–Crippen LogP) is 3.83. The summed E-state index contributed by atoms with van der Waals surface area (Å²) in [6, 6.07) is 16.3. The first kappa shape index (κ1) is 16.2. The van der Waals surface area contributed by atoms with E-state index >= 15 is 0 Å². The fourth-order valence-electron chi connectivity index (χ4n) is 1.83. The third-order valence-electron chi connectivity index (χ3n) is 2.83. The molecule has 0 saturated carbocycles. The van der Waals surface area contributed by atoms with E-state index in [0.29, 0.717) is 5.69 Å². The number of hydrogen-bond acceptors (Lipinski definition) is 3. The molecule has 0 heterocycles. The summed E-state index contributed by atoms with van der Waals surface area (Å²) in [6.07, 6.45) is 1.20. The molecule has 2 aromatic rings. The van der Waals surface area contributed by atoms with E-state index in [1.165, 1.54) is 24.3 Å². The predicted molar refractivity (Wildman–Crippen MR) is 81.7 cm³/mol. The number of alkyl halides is 2. The maximum Gasteiger partial charge on any atom is 0.387 e. The van der Waals surface area contributed by atoms with E-state index in [2.05, 4.69) is 10.1 Å². The topological polar surface area (TPSA) is 62.1 Å². The van der Waals surface area contributed by atoms with Crippen molar-refractivity contribution in [2.75, 3.05) is 5.32 Å². The van der Waals surface area contributed by atoms with Gasteiger partial charge >= 0.3 is 6.61 Å². The SMILES string of the molecule is N#C/C(=C\c1ccccc1OC(F)F)C(=O)Nc1ccccc1. The highest BCUT2D eigenvalue weighted by atomic mass is 19.3. The summed E-state index contributed by atoms with van der Waals surface area (Å²) in [5.41, 5.74) is 0.516. The summed E-state index contributed by atoms with van der Waals surface area (Å²) in [7, 11) is 0. The molecule has 116 valence electrons. The number of amides is 1. The molecule has 2 aromatic carbocycles. The van der Waals surface area contributed by atoms with Gasteiger partial charge in [0.15, 0.2) is 0 Å². The van der Waals surface area contributed by atoms with Crippen LogP contribution in [0, 0.1) is 11.3 Å². The first-order valence-corrected chi connectivity index (χ1v) is 6.62. The van der Waals surface area contributed by atoms with Gasteiger partial charge < -0.3 is 10.1 Å². The van der Waals surface area contributed by atoms with E-state index in [1.807, 2.05) is 0 Å². The first-order valence-electron chi connectivity index (χ1n) is 6.62. The Morgan fingerprint density at radius 3 is 2.43 bits per heavy atom. The summed E-state index contributed by atoms with van der Waals surface area (Å²) < 4.78 is 29.1. The van der Waals surface area contributed by atoms with Gasteiger partial charge in [0.1, 0.15) is 17.4 Å². The zero-order chi connectivity index (χ0) is 16.7. The molecule has 0 aliphatic carbocycles. The van der Waals surface area contributed by atoms with Gasteiger partial charge in [-0.25, -0.2) is 0 Å². The Morgan fingerprint density at radius 1 is 1.13 bits per heavy atom. The number of anilines is 1. The van der Waals surface area contributed by atoms with E-state index < -0.39 is 12.5 Å². The van der Waals surface area contributed by atoms with Crippen molar-refractivity contribution < 1.29 is 18.3 Å². The van der Waals surface area contributed by atoms with Gasteiger partial charge in [-0.05, 0) is 24.3 Å². The molecule has 1 N–H and O–H groups in total. The summed E-state index contributed by atoms with van der Waals surface area (Å²) in [6.45, 7) is -2.99. The normalized spacial score (nSPS) is 11.0. The Kier molecular flexibility index (Phi) is 5.42. The van der Waals surface area contributed by atoms with Crippen molar-refractivity contribution in [1.82, 2.24) is 0 Å². The van der Waals surface area contributed by atoms with E-state index in [1.54, 1.807) is 42.5 Å². The van der Waals surface area contributed by atoms with Gasteiger partial charge in [0.2, 0.25) is 0 Å². The van der Waals surface area contributed by atoms with Crippen molar-refractivity contribution in [2.24, 2.45) is 0 Å². The molecule has 1 amide bonds. The maximum absolute atomic E-state index is 12.4. The zero-order valence-electron chi connectivity index (χ0n) is 11.9. The van der Waals surface area contributed by atoms with Crippen LogP contribution in [0.3, 0.4) is 0 Å². The summed E-state index contributed by atoms with van der Waals surface area (Å²) >= 11 is 0. The van der Waals surface area contributed by atoms with Gasteiger partial charge in [-0.15, -0.1) is 0 Å². The molecular formula is C17H12F2N2O2. The van der Waals surface area contributed by atoms with E-state index in [0.717, 1.165) is 0 Å². The number of nitrogens with zero attached hydrogens (tertiary/aromatic N) is 1. The highest BCUT2D eigenvalue weighted by Crippen LogP contribution is 2.23. The largest absolute Gasteiger partial charge is 0.434 e. The molecule has 0 spiro atoms. The minimum absolute atomic E-state index is 0.109. The molecule has 0 radical (unpaired) electrons. The summed E-state index contributed by atoms with van der Waals surface area (Å²) in [5, 5.41) is 11.7. The molecule has 4 nitrogen and oxygen atoms in total. The number of nitrogens with one attached hydrogen (secondary N) is 1. The van der Waals surface area contributed by atoms with Crippen LogP contribution in [-0.2, 0) is 4.79 Å². The fourth-order valence-corrected chi connectivity index (χ4v) is 1.83. The van der Waals surface area contributed by atoms with Crippen LogP contribution in [0.4, 0.5) is 14.5 Å². The maximum atomic E-state index is 12.4. The average Bonchev–Trinajstić information content (AvgIpc) is 2.54. The van der Waals surface area contributed by atoms with Crippen molar-refractivity contribution in [3.8, 4) is 11.8 Å². The quantitative estimate of drug-likeness (QED) is 0.674. The lowest BCUT2D eigenvalue weighted by atomic mass is 10.1. The van der Waals surface area contributed by atoms with Gasteiger partial charge in [-0.3, -0.25) is 4.79 Å². The number of nitriles is 1. The molecule has 0 aliphatic heterocycles. The second kappa shape index (κ2) is 7.71. The van der Waals surface area contributed by atoms with Gasteiger partial charge in [0.25, 0.3) is 5.91 Å². The lowest BCUT2D eigenvalue weighted by Crippen LogP contribution is -2.13. The number of halogens is 2. The minimum atomic E-state index is -2.99. The number of ether oxygens (including phenoxy) is 1. The molecule has 23 heavy (non-hydrogen) atoms. The summed E-state index contributed by atoms with van der Waals surface area (Å²) in [5.74, 6) is -0.742. The molecule has 6 heteroatoms. The highest BCUT2D eigenvalue weighted by Gasteiger charge is 2.12. The Labute approximate surface area is 131 Å². The number of hydrogen-bond donors (Lipinski definition) is 1. The second-order valence-corrected chi connectivity index (χ2v) is 4.41. The van der Waals surface area contributed by atoms with Crippen molar-refractivity contribution >= 4 is 17.7 Å². The van der Waals surface area contributed by atoms with Crippen LogP contribution >= 0.6 is 0 Å². The zero-order valence-corrected chi connectivity index (χ0v) is 11.9. The molecule has 0 aromatic heterocycles. The van der Waals surface area contributed by atoms with Crippen LogP contribution in [0.15, 0.2) is 60.2 Å². The van der Waals surface area contributed by atoms with Crippen LogP contribution in [-0.4, -0.2) is 12.5 Å². The average molecular weight is 314 g/mol. The van der Waals surface area contributed by atoms with Gasteiger partial charge in [0.05, 0.1) is 0 Å². The van der Waals surface area contributed by atoms with Crippen LogP contribution in [0.2, 0.25) is 0 Å². The fraction of sp³-hybridized carbons (Fsp3) is 0.0588. The van der Waals surface area contributed by atoms with Crippen LogP contribution in [0.5, 0.6) is 5.75 Å². The lowest BCUT2D eigenvalue weighted by Gasteiger charge is -2.08. The van der Waals surface area contributed by atoms with E-state index in [9.17, 15) is 13.6 Å². The molecular weight excluding hydrogens is 302 g/mol. The van der Waals surface area contributed by atoms with Crippen LogP contribution in [0.25, 0.3) is 6.08 Å². The van der Waals surface area contributed by atoms with Crippen LogP contribution < -0.4 is 10.1 Å². The highest BCUT2D eigenvalue weighted by molar-refractivity contribution is 6.09. The number of carbonyl (C=O) groups is 1. The number of rotatable bonds is 5. The Bertz CT molecular complexity index is 753. The standard InChI is InChI=1S/C17H12F2N2O2/c18-17(19)23-15-9-5-4-6-12(15)10-13(11-20)16(22)21-14-7-2-1-3-8-14/h1-10,17H,(H,21,22)/b13-10+. The van der Waals surface area contributed by atoms with E-state index in [4.69, 9.17) is 5.26 Å². The van der Waals surface area contributed by atoms with Crippen molar-refractivity contribution in [1.29, 1.82) is 5.26 Å². The monoisotopic (exact) mass is 314 g/mol. The summed E-state index contributed by atoms with van der Waals surface area (Å²) in [4.78, 5) is 12.1. The Morgan fingerprint density at radius 2 is 1.78 bits per heavy atom. The number of carbonyl (C=O) groups excluding carboxylic acids is 1. The van der Waals surface area contributed by atoms with Crippen molar-refractivity contribution in [3.63, 3.8) is 0 Å². The Hall–Kier alpha value is -3.20. The molecule has 2 rings (SSSR count). The van der Waals surface area contributed by atoms with Crippen LogP contribution in [0.1, 0.15) is 5.56 Å². The molecule has 0 atom stereocenters. The van der Waals surface area contributed by atoms with Gasteiger partial charge in [0, 0.05) is 11.3 Å². The van der Waals surface area contributed by atoms with Gasteiger partial charge in [-0.1, -0.05) is 36.4 Å². The lowest BCUT2D eigenvalue weighted by molar-refractivity contribution is -0.112. The molecule has 0 fully saturated rings. The van der Waals surface area contributed by atoms with Crippen molar-refractivity contribution in [2.45, 2.75) is 6.61 Å². The number of benzene rings is 2. The van der Waals surface area contributed by atoms with Gasteiger partial charge in [-0.2, -0.15) is 14.0 Å². The molecule has 0 unspecified atom stereocenters. The smallest absolute Gasteiger partial charge is 0.387 e. The number of para-hydroxylation sites is 2.